The van der Waals surface area contributed by atoms with Crippen LogP contribution >= 0.6 is 0 Å². The van der Waals surface area contributed by atoms with Crippen LogP contribution in [-0.4, -0.2) is 33.5 Å². The Kier molecular flexibility index (Phi) is 4.04. The van der Waals surface area contributed by atoms with Crippen molar-refractivity contribution in [2.24, 2.45) is 0 Å². The molecule has 6 heteroatoms. The number of hydrogen-bond acceptors (Lipinski definition) is 4. The molecule has 2 heterocycles. The standard InChI is InChI=1S/C17H14FN3O2/c18-13-3-1-11(2-4-13)16-8-15(22)10-21(16)17(23)12-5-6-20-14(7-12)9-19/h1-7,15-16,22H,8,10H2/t15-,16-/m0/s1. The number of aromatic nitrogens is 1. The lowest BCUT2D eigenvalue weighted by atomic mass is 10.0. The van der Waals surface area contributed by atoms with Crippen LogP contribution in [0.2, 0.25) is 0 Å². The van der Waals surface area contributed by atoms with E-state index in [1.54, 1.807) is 17.0 Å². The highest BCUT2D eigenvalue weighted by Gasteiger charge is 2.35. The lowest BCUT2D eigenvalue weighted by Gasteiger charge is -2.25. The van der Waals surface area contributed by atoms with Gasteiger partial charge in [-0.05, 0) is 36.2 Å². The van der Waals surface area contributed by atoms with Crippen molar-refractivity contribution < 1.29 is 14.3 Å². The number of amides is 1. The molecule has 2 atom stereocenters. The van der Waals surface area contributed by atoms with Crippen molar-refractivity contribution in [3.8, 4) is 6.07 Å². The number of pyridine rings is 1. The Morgan fingerprint density at radius 1 is 1.35 bits per heavy atom. The Morgan fingerprint density at radius 2 is 2.09 bits per heavy atom. The van der Waals surface area contributed by atoms with Crippen molar-refractivity contribution in [3.63, 3.8) is 0 Å². The zero-order valence-electron chi connectivity index (χ0n) is 12.2. The van der Waals surface area contributed by atoms with E-state index in [-0.39, 0.29) is 30.0 Å². The van der Waals surface area contributed by atoms with Gasteiger partial charge in [-0.25, -0.2) is 9.37 Å². The highest BCUT2D eigenvalue weighted by atomic mass is 19.1. The number of benzene rings is 1. The number of nitriles is 1. The molecule has 1 fully saturated rings. The zero-order chi connectivity index (χ0) is 16.4. The van der Waals surface area contributed by atoms with Crippen LogP contribution in [0.4, 0.5) is 4.39 Å². The number of rotatable bonds is 2. The van der Waals surface area contributed by atoms with E-state index in [0.29, 0.717) is 12.0 Å². The van der Waals surface area contributed by atoms with Gasteiger partial charge in [-0.15, -0.1) is 0 Å². The summed E-state index contributed by atoms with van der Waals surface area (Å²) in [6, 6.07) is 10.4. The Labute approximate surface area is 132 Å². The quantitative estimate of drug-likeness (QED) is 0.920. The minimum atomic E-state index is -0.633. The Bertz CT molecular complexity index is 770. The summed E-state index contributed by atoms with van der Waals surface area (Å²) in [4.78, 5) is 18.1. The molecule has 23 heavy (non-hydrogen) atoms. The number of carbonyl (C=O) groups excluding carboxylic acids is 1. The average Bonchev–Trinajstić information content (AvgIpc) is 2.96. The van der Waals surface area contributed by atoms with Gasteiger partial charge in [-0.3, -0.25) is 4.79 Å². The molecule has 0 radical (unpaired) electrons. The first kappa shape index (κ1) is 15.1. The molecule has 0 bridgehead atoms. The molecule has 1 aromatic heterocycles. The molecule has 1 amide bonds. The Balaban J connectivity index is 1.91. The first-order valence-electron chi connectivity index (χ1n) is 7.19. The molecule has 1 saturated heterocycles. The van der Waals surface area contributed by atoms with E-state index >= 15 is 0 Å². The van der Waals surface area contributed by atoms with Crippen molar-refractivity contribution >= 4 is 5.91 Å². The minimum absolute atomic E-state index is 0.161. The van der Waals surface area contributed by atoms with Gasteiger partial charge in [0, 0.05) is 18.3 Å². The summed E-state index contributed by atoms with van der Waals surface area (Å²) in [6.45, 7) is 0.199. The highest BCUT2D eigenvalue weighted by molar-refractivity contribution is 5.94. The first-order chi connectivity index (χ1) is 11.1. The summed E-state index contributed by atoms with van der Waals surface area (Å²) < 4.78 is 13.1. The monoisotopic (exact) mass is 311 g/mol. The predicted molar refractivity (Wildman–Crippen MR) is 79.8 cm³/mol. The van der Waals surface area contributed by atoms with E-state index in [4.69, 9.17) is 5.26 Å². The second-order valence-corrected chi connectivity index (χ2v) is 5.46. The fourth-order valence-corrected chi connectivity index (χ4v) is 2.83. The zero-order valence-corrected chi connectivity index (χ0v) is 12.2. The topological polar surface area (TPSA) is 77.2 Å². The van der Waals surface area contributed by atoms with Gasteiger partial charge in [-0.2, -0.15) is 5.26 Å². The Hall–Kier alpha value is -2.78. The van der Waals surface area contributed by atoms with Crippen LogP contribution in [0.15, 0.2) is 42.6 Å². The van der Waals surface area contributed by atoms with Crippen molar-refractivity contribution in [2.45, 2.75) is 18.6 Å². The molecule has 0 spiro atoms. The molecule has 1 aliphatic rings. The second-order valence-electron chi connectivity index (χ2n) is 5.46. The van der Waals surface area contributed by atoms with Crippen molar-refractivity contribution in [1.82, 2.24) is 9.88 Å². The van der Waals surface area contributed by atoms with Crippen LogP contribution in [0, 0.1) is 17.1 Å². The van der Waals surface area contributed by atoms with Crippen LogP contribution < -0.4 is 0 Å². The molecular formula is C17H14FN3O2. The molecule has 1 aliphatic heterocycles. The number of aliphatic hydroxyl groups is 1. The normalized spacial score (nSPS) is 20.3. The Morgan fingerprint density at radius 3 is 2.78 bits per heavy atom. The molecule has 0 saturated carbocycles. The molecular weight excluding hydrogens is 297 g/mol. The third kappa shape index (κ3) is 3.05. The maximum atomic E-state index is 13.1. The minimum Gasteiger partial charge on any atom is -0.391 e. The van der Waals surface area contributed by atoms with Gasteiger partial charge in [-0.1, -0.05) is 12.1 Å². The second kappa shape index (κ2) is 6.15. The molecule has 0 aliphatic carbocycles. The lowest BCUT2D eigenvalue weighted by Crippen LogP contribution is -2.31. The van der Waals surface area contributed by atoms with Crippen molar-refractivity contribution in [3.05, 3.63) is 65.2 Å². The van der Waals surface area contributed by atoms with Gasteiger partial charge in [0.1, 0.15) is 17.6 Å². The van der Waals surface area contributed by atoms with Gasteiger partial charge in [0.15, 0.2) is 0 Å². The molecule has 2 aromatic rings. The van der Waals surface area contributed by atoms with E-state index in [0.717, 1.165) is 5.56 Å². The fraction of sp³-hybridized carbons (Fsp3) is 0.235. The van der Waals surface area contributed by atoms with Gasteiger partial charge in [0.05, 0.1) is 12.1 Å². The lowest BCUT2D eigenvalue weighted by molar-refractivity contribution is 0.0715. The van der Waals surface area contributed by atoms with Gasteiger partial charge < -0.3 is 10.0 Å². The molecule has 5 nitrogen and oxygen atoms in total. The third-order valence-corrected chi connectivity index (χ3v) is 3.92. The summed E-state index contributed by atoms with van der Waals surface area (Å²) in [5.41, 5.74) is 1.28. The number of carbonyl (C=O) groups is 1. The van der Waals surface area contributed by atoms with E-state index in [9.17, 15) is 14.3 Å². The van der Waals surface area contributed by atoms with Gasteiger partial charge in [0.2, 0.25) is 0 Å². The van der Waals surface area contributed by atoms with E-state index in [2.05, 4.69) is 4.98 Å². The van der Waals surface area contributed by atoms with E-state index in [1.807, 2.05) is 6.07 Å². The summed E-state index contributed by atoms with van der Waals surface area (Å²) in [5.74, 6) is -0.632. The highest BCUT2D eigenvalue weighted by Crippen LogP contribution is 2.33. The van der Waals surface area contributed by atoms with Crippen LogP contribution in [0.3, 0.4) is 0 Å². The van der Waals surface area contributed by atoms with Crippen LogP contribution in [0.5, 0.6) is 0 Å². The van der Waals surface area contributed by atoms with Crippen LogP contribution in [0.25, 0.3) is 0 Å². The summed E-state index contributed by atoms with van der Waals surface area (Å²) in [6.07, 6.45) is 1.17. The SMILES string of the molecule is N#Cc1cc(C(=O)N2C[C@@H](O)C[C@H]2c2ccc(F)cc2)ccn1. The number of likely N-dealkylation sites (tertiary alicyclic amines) is 1. The van der Waals surface area contributed by atoms with Gasteiger partial charge >= 0.3 is 0 Å². The average molecular weight is 311 g/mol. The van der Waals surface area contributed by atoms with Gasteiger partial charge in [0.25, 0.3) is 5.91 Å². The number of hydrogen-bond donors (Lipinski definition) is 1. The molecule has 0 unspecified atom stereocenters. The molecule has 1 aromatic carbocycles. The molecule has 3 rings (SSSR count). The number of halogens is 1. The van der Waals surface area contributed by atoms with E-state index in [1.165, 1.54) is 30.5 Å². The van der Waals surface area contributed by atoms with E-state index < -0.39 is 6.10 Å². The van der Waals surface area contributed by atoms with Crippen LogP contribution in [0.1, 0.15) is 34.1 Å². The smallest absolute Gasteiger partial charge is 0.254 e. The summed E-state index contributed by atoms with van der Waals surface area (Å²) in [7, 11) is 0. The molecule has 1 N–H and O–H groups in total. The number of β-amino-alcohol motifs (C(OH)–C–C–N with tert-alkyl or cyclic N) is 1. The number of aliphatic hydroxyl groups excluding tert-OH is 1. The first-order valence-corrected chi connectivity index (χ1v) is 7.19. The third-order valence-electron chi connectivity index (χ3n) is 3.92. The molecule has 116 valence electrons. The van der Waals surface area contributed by atoms with Crippen LogP contribution in [-0.2, 0) is 0 Å². The maximum Gasteiger partial charge on any atom is 0.254 e. The van der Waals surface area contributed by atoms with Crippen molar-refractivity contribution in [1.29, 1.82) is 5.26 Å². The number of nitrogens with zero attached hydrogens (tertiary/aromatic N) is 3. The largest absolute Gasteiger partial charge is 0.391 e. The maximum absolute atomic E-state index is 13.1. The fourth-order valence-electron chi connectivity index (χ4n) is 2.83. The summed E-state index contributed by atoms with van der Waals surface area (Å²) >= 11 is 0. The van der Waals surface area contributed by atoms with Crippen molar-refractivity contribution in [2.75, 3.05) is 6.54 Å². The summed E-state index contributed by atoms with van der Waals surface area (Å²) in [5, 5.41) is 18.8. The predicted octanol–water partition coefficient (Wildman–Crippen LogP) is 2.04.